The second kappa shape index (κ2) is 71.2. The smallest absolute Gasteiger partial charge is 0.462 e. The molecule has 0 rings (SSSR count). The van der Waals surface area contributed by atoms with Gasteiger partial charge in [-0.25, -0.2) is 9.13 Å². The van der Waals surface area contributed by atoms with Crippen LogP contribution in [0.25, 0.3) is 0 Å². The number of aliphatic hydroxyl groups is 1. The molecule has 0 aliphatic heterocycles. The zero-order valence-corrected chi connectivity index (χ0v) is 66.1. The number of unbranched alkanes of at least 4 members (excludes halogenated alkanes) is 44. The second-order valence-corrected chi connectivity index (χ2v) is 32.0. The highest BCUT2D eigenvalue weighted by molar-refractivity contribution is 7.47. The molecule has 17 nitrogen and oxygen atoms in total. The number of carbonyl (C=O) groups is 4. The first-order chi connectivity index (χ1) is 47.9. The molecule has 5 atom stereocenters. The molecule has 0 heterocycles. The van der Waals surface area contributed by atoms with E-state index in [1.54, 1.807) is 0 Å². The highest BCUT2D eigenvalue weighted by atomic mass is 31.2. The Morgan fingerprint density at radius 3 is 0.828 bits per heavy atom. The molecule has 0 aromatic carbocycles. The molecule has 3 N–H and O–H groups in total. The Morgan fingerprint density at radius 2 is 0.545 bits per heavy atom. The van der Waals surface area contributed by atoms with E-state index < -0.39 is 97.5 Å². The topological polar surface area (TPSA) is 237 Å². The molecule has 0 aromatic heterocycles. The van der Waals surface area contributed by atoms with E-state index in [0.717, 1.165) is 121 Å². The van der Waals surface area contributed by atoms with E-state index in [-0.39, 0.29) is 25.7 Å². The Kier molecular flexibility index (Phi) is 69.4. The van der Waals surface area contributed by atoms with Crippen molar-refractivity contribution < 1.29 is 80.2 Å². The number of esters is 4. The van der Waals surface area contributed by atoms with Crippen LogP contribution in [-0.4, -0.2) is 96.7 Å². The zero-order chi connectivity index (χ0) is 72.8. The van der Waals surface area contributed by atoms with Gasteiger partial charge in [-0.05, 0) is 63.2 Å². The van der Waals surface area contributed by atoms with E-state index in [1.165, 1.54) is 186 Å². The van der Waals surface area contributed by atoms with Gasteiger partial charge >= 0.3 is 39.5 Å². The van der Waals surface area contributed by atoms with Crippen molar-refractivity contribution in [3.05, 3.63) is 24.3 Å². The molecule has 0 aliphatic rings. The summed E-state index contributed by atoms with van der Waals surface area (Å²) in [5.74, 6) is -0.619. The Hall–Kier alpha value is -2.46. The molecule has 0 radical (unpaired) electrons. The molecule has 0 spiro atoms. The standard InChI is InChI=1S/C80H152O17P2/c1-7-9-11-13-15-17-19-21-26-31-34-38-44-50-56-62-77(82)90-68-75(96-80(85)65-59-53-46-40-36-32-28-25-23-22-24-27-30-33-37-42-48-54-60-72(3)4)70-94-98(86,87)92-66-74(81)67-93-99(88,89)95-71-76(69-91-78(83)63-57-51-47-41-43-49-55-61-73(5)6)97-79(84)64-58-52-45-39-35-29-20-18-16-14-12-10-8-2/h17,19,21,26,72-76,81H,7-16,18,20,22-25,27-71H2,1-6H3,(H,86,87)(H,88,89)/b19-17-,26-21-/t74-,75-,76-/m1/s1. The normalized spacial score (nSPS) is 14.1. The lowest BCUT2D eigenvalue weighted by molar-refractivity contribution is -0.161. The van der Waals surface area contributed by atoms with E-state index >= 15 is 0 Å². The van der Waals surface area contributed by atoms with Gasteiger partial charge in [-0.15, -0.1) is 0 Å². The van der Waals surface area contributed by atoms with E-state index in [4.69, 9.17) is 37.0 Å². The monoisotopic (exact) mass is 1450 g/mol. The summed E-state index contributed by atoms with van der Waals surface area (Å²) in [6.45, 7) is 9.54. The summed E-state index contributed by atoms with van der Waals surface area (Å²) >= 11 is 0. The van der Waals surface area contributed by atoms with Gasteiger partial charge in [0.1, 0.15) is 19.3 Å². The minimum atomic E-state index is -4.97. The molecule has 0 aliphatic carbocycles. The van der Waals surface area contributed by atoms with Crippen LogP contribution in [0.1, 0.15) is 395 Å². The Balaban J connectivity index is 5.25. The van der Waals surface area contributed by atoms with Crippen molar-refractivity contribution in [2.45, 2.75) is 413 Å². The van der Waals surface area contributed by atoms with Gasteiger partial charge < -0.3 is 33.8 Å². The Morgan fingerprint density at radius 1 is 0.313 bits per heavy atom. The van der Waals surface area contributed by atoms with E-state index in [9.17, 15) is 43.2 Å². The number of rotatable bonds is 77. The number of hydrogen-bond acceptors (Lipinski definition) is 15. The number of phosphoric acid groups is 2. The summed E-state index contributed by atoms with van der Waals surface area (Å²) in [4.78, 5) is 72.9. The first-order valence-electron chi connectivity index (χ1n) is 40.8. The maximum Gasteiger partial charge on any atom is 0.472 e. The van der Waals surface area contributed by atoms with E-state index in [1.807, 2.05) is 0 Å². The van der Waals surface area contributed by atoms with Crippen LogP contribution in [0.2, 0.25) is 0 Å². The minimum absolute atomic E-state index is 0.101. The minimum Gasteiger partial charge on any atom is -0.462 e. The largest absolute Gasteiger partial charge is 0.472 e. The predicted octanol–water partition coefficient (Wildman–Crippen LogP) is 23.4. The summed E-state index contributed by atoms with van der Waals surface area (Å²) in [6, 6.07) is 0. The molecule has 19 heteroatoms. The van der Waals surface area contributed by atoms with E-state index in [0.29, 0.717) is 31.6 Å². The molecular weight excluding hydrogens is 1290 g/mol. The van der Waals surface area contributed by atoms with Crippen molar-refractivity contribution >= 4 is 39.5 Å². The first kappa shape index (κ1) is 96.5. The molecule has 0 saturated heterocycles. The summed E-state index contributed by atoms with van der Waals surface area (Å²) in [7, 11) is -9.93. The third kappa shape index (κ3) is 73.6. The first-order valence-corrected chi connectivity index (χ1v) is 43.8. The summed E-state index contributed by atoms with van der Waals surface area (Å²) in [5, 5.41) is 10.6. The predicted molar refractivity (Wildman–Crippen MR) is 404 cm³/mol. The number of hydrogen-bond donors (Lipinski definition) is 3. The summed E-state index contributed by atoms with van der Waals surface area (Å²) in [5.41, 5.74) is 0. The van der Waals surface area contributed by atoms with Gasteiger partial charge in [0.25, 0.3) is 0 Å². The summed E-state index contributed by atoms with van der Waals surface area (Å²) in [6.07, 6.45) is 63.3. The molecule has 2 unspecified atom stereocenters. The maximum absolute atomic E-state index is 13.1. The SMILES string of the molecule is CCCCCC/C=C\C=C/CCCCCCCC(=O)OC[C@H](COP(=O)(O)OC[C@@H](O)COP(=O)(O)OC[C@@H](COC(=O)CCCCCCCCCC(C)C)OC(=O)CCCCCCCCCCCCCCC)OC(=O)CCCCCCCCCCCCCCCCCCCCC(C)C. The highest BCUT2D eigenvalue weighted by Gasteiger charge is 2.30. The number of allylic oxidation sites excluding steroid dienone is 4. The maximum atomic E-state index is 13.1. The lowest BCUT2D eigenvalue weighted by atomic mass is 10.0. The van der Waals surface area contributed by atoms with Crippen molar-refractivity contribution in [3.8, 4) is 0 Å². The quantitative estimate of drug-likeness (QED) is 0.0169. The number of phosphoric ester groups is 2. The molecule has 584 valence electrons. The van der Waals surface area contributed by atoms with Crippen molar-refractivity contribution in [2.75, 3.05) is 39.6 Å². The average Bonchev–Trinajstić information content (AvgIpc) is 0.962. The van der Waals surface area contributed by atoms with Crippen molar-refractivity contribution in [1.82, 2.24) is 0 Å². The Labute approximate surface area is 605 Å². The van der Waals surface area contributed by atoms with Gasteiger partial charge in [0.2, 0.25) is 0 Å². The van der Waals surface area contributed by atoms with Gasteiger partial charge in [-0.3, -0.25) is 37.3 Å². The van der Waals surface area contributed by atoms with Gasteiger partial charge in [-0.2, -0.15) is 0 Å². The van der Waals surface area contributed by atoms with Gasteiger partial charge in [0.15, 0.2) is 12.2 Å². The molecule has 0 amide bonds. The van der Waals surface area contributed by atoms with Crippen LogP contribution in [0.15, 0.2) is 24.3 Å². The van der Waals surface area contributed by atoms with Crippen molar-refractivity contribution in [3.63, 3.8) is 0 Å². The molecule has 0 bridgehead atoms. The zero-order valence-electron chi connectivity index (χ0n) is 64.3. The fraction of sp³-hybridized carbons (Fsp3) is 0.900. The van der Waals surface area contributed by atoms with Crippen LogP contribution >= 0.6 is 15.6 Å². The van der Waals surface area contributed by atoms with E-state index in [2.05, 4.69) is 65.8 Å². The van der Waals surface area contributed by atoms with Crippen molar-refractivity contribution in [2.24, 2.45) is 11.8 Å². The fourth-order valence-corrected chi connectivity index (χ4v) is 13.4. The molecule has 0 fully saturated rings. The van der Waals surface area contributed by atoms with Crippen molar-refractivity contribution in [1.29, 1.82) is 0 Å². The second-order valence-electron chi connectivity index (χ2n) is 29.1. The lowest BCUT2D eigenvalue weighted by Gasteiger charge is -2.21. The molecule has 0 saturated carbocycles. The van der Waals surface area contributed by atoms with Crippen LogP contribution in [0.3, 0.4) is 0 Å². The van der Waals surface area contributed by atoms with Crippen LogP contribution in [0, 0.1) is 11.8 Å². The van der Waals surface area contributed by atoms with Crippen LogP contribution in [-0.2, 0) is 65.4 Å². The number of ether oxygens (including phenoxy) is 4. The third-order valence-corrected chi connectivity index (χ3v) is 20.0. The van der Waals surface area contributed by atoms with Crippen LogP contribution in [0.5, 0.6) is 0 Å². The molecule has 99 heavy (non-hydrogen) atoms. The number of carbonyl (C=O) groups excluding carboxylic acids is 4. The Bertz CT molecular complexity index is 2000. The molecule has 0 aromatic rings. The highest BCUT2D eigenvalue weighted by Crippen LogP contribution is 2.45. The lowest BCUT2D eigenvalue weighted by Crippen LogP contribution is -2.30. The van der Waals surface area contributed by atoms with Gasteiger partial charge in [-0.1, -0.05) is 342 Å². The fourth-order valence-electron chi connectivity index (χ4n) is 11.8. The van der Waals surface area contributed by atoms with Crippen LogP contribution < -0.4 is 0 Å². The number of aliphatic hydroxyl groups excluding tert-OH is 1. The van der Waals surface area contributed by atoms with Gasteiger partial charge in [0, 0.05) is 25.7 Å². The average molecular weight is 1450 g/mol. The third-order valence-electron chi connectivity index (χ3n) is 18.1. The molecular formula is C80H152O17P2. The van der Waals surface area contributed by atoms with Gasteiger partial charge in [0.05, 0.1) is 26.4 Å². The summed E-state index contributed by atoms with van der Waals surface area (Å²) < 4.78 is 68.6. The van der Waals surface area contributed by atoms with Crippen LogP contribution in [0.4, 0.5) is 0 Å².